The van der Waals surface area contributed by atoms with Crippen LogP contribution in [0.25, 0.3) is 0 Å². The van der Waals surface area contributed by atoms with Gasteiger partial charge in [-0.25, -0.2) is 9.78 Å². The second-order valence-electron chi connectivity index (χ2n) is 6.54. The van der Waals surface area contributed by atoms with Crippen molar-refractivity contribution in [2.75, 3.05) is 24.6 Å². The largest absolute Gasteiger partial charge is 0.477 e. The Kier molecular flexibility index (Phi) is 6.84. The van der Waals surface area contributed by atoms with E-state index in [2.05, 4.69) is 21.9 Å². The Balaban J connectivity index is 1.73. The Morgan fingerprint density at radius 3 is 2.86 bits per heavy atom. The van der Waals surface area contributed by atoms with Gasteiger partial charge in [-0.15, -0.1) is 6.58 Å². The van der Waals surface area contributed by atoms with E-state index < -0.39 is 5.97 Å². The maximum absolute atomic E-state index is 12.7. The van der Waals surface area contributed by atoms with Crippen molar-refractivity contribution in [3.8, 4) is 0 Å². The number of aromatic carboxylic acids is 1. The topological polar surface area (TPSA) is 108 Å². The maximum atomic E-state index is 12.7. The van der Waals surface area contributed by atoms with Crippen LogP contribution in [0.5, 0.6) is 0 Å². The third kappa shape index (κ3) is 4.75. The number of thiazole rings is 1. The molecule has 0 spiro atoms. The molecule has 1 aliphatic rings. The lowest BCUT2D eigenvalue weighted by atomic mass is 10.0. The van der Waals surface area contributed by atoms with Crippen LogP contribution in [0.3, 0.4) is 0 Å². The number of hydrogen-bond donors (Lipinski definition) is 3. The van der Waals surface area contributed by atoms with Crippen LogP contribution >= 0.6 is 34.5 Å². The fourth-order valence-electron chi connectivity index (χ4n) is 3.09. The number of aromatic nitrogens is 2. The van der Waals surface area contributed by atoms with Crippen LogP contribution in [0.1, 0.15) is 32.3 Å². The molecule has 1 amide bonds. The van der Waals surface area contributed by atoms with Crippen molar-refractivity contribution in [1.82, 2.24) is 15.3 Å². The third-order valence-corrected chi connectivity index (χ3v) is 6.55. The minimum absolute atomic E-state index is 0.174. The van der Waals surface area contributed by atoms with E-state index in [1.54, 1.807) is 13.0 Å². The van der Waals surface area contributed by atoms with Gasteiger partial charge in [0.25, 0.3) is 5.91 Å². The predicted octanol–water partition coefficient (Wildman–Crippen LogP) is 3.36. The van der Waals surface area contributed by atoms with Gasteiger partial charge in [-0.2, -0.15) is 0 Å². The minimum Gasteiger partial charge on any atom is -0.477 e. The molecule has 3 heterocycles. The molecule has 1 fully saturated rings. The number of carboxylic acid groups (broad SMARTS) is 1. The summed E-state index contributed by atoms with van der Waals surface area (Å²) in [5, 5.41) is 13.2. The highest BCUT2D eigenvalue weighted by atomic mass is 35.5. The standard InChI is InChI=1S/C18H20Cl2N4O4S/c1-3-6-28-11-8-24(18-21-7-12(29-18)17(26)27)5-4-10(11)23-16(25)15-14(20)13(19)9(2)22-15/h3,7,10-11,22H,1,4-6,8H2,2H3,(H,23,25)(H,26,27)/t10-,11+/m1/s1. The van der Waals surface area contributed by atoms with E-state index in [0.717, 1.165) is 11.3 Å². The number of piperidine rings is 1. The summed E-state index contributed by atoms with van der Waals surface area (Å²) in [7, 11) is 0. The van der Waals surface area contributed by atoms with Gasteiger partial charge in [-0.1, -0.05) is 40.6 Å². The molecular weight excluding hydrogens is 439 g/mol. The van der Waals surface area contributed by atoms with E-state index in [0.29, 0.717) is 42.0 Å². The van der Waals surface area contributed by atoms with Crippen LogP contribution in [0.2, 0.25) is 10.0 Å². The molecule has 8 nitrogen and oxygen atoms in total. The summed E-state index contributed by atoms with van der Waals surface area (Å²) in [6, 6.07) is -0.268. The highest BCUT2D eigenvalue weighted by Gasteiger charge is 2.33. The fraction of sp³-hybridized carbons (Fsp3) is 0.389. The number of aromatic amines is 1. The number of anilines is 1. The minimum atomic E-state index is -1.01. The van der Waals surface area contributed by atoms with Gasteiger partial charge in [0.15, 0.2) is 5.13 Å². The summed E-state index contributed by atoms with van der Waals surface area (Å²) >= 11 is 13.3. The van der Waals surface area contributed by atoms with Crippen LogP contribution in [0.4, 0.5) is 5.13 Å². The molecule has 0 unspecified atom stereocenters. The molecule has 1 aliphatic heterocycles. The van der Waals surface area contributed by atoms with Crippen molar-refractivity contribution >= 4 is 51.5 Å². The van der Waals surface area contributed by atoms with Gasteiger partial charge in [-0.3, -0.25) is 4.79 Å². The number of amides is 1. The number of carbonyl (C=O) groups excluding carboxylic acids is 1. The van der Waals surface area contributed by atoms with E-state index in [9.17, 15) is 9.59 Å². The molecule has 2 aromatic heterocycles. The molecule has 0 aromatic carbocycles. The zero-order valence-electron chi connectivity index (χ0n) is 15.6. The van der Waals surface area contributed by atoms with Gasteiger partial charge in [-0.05, 0) is 13.3 Å². The number of carbonyl (C=O) groups is 2. The lowest BCUT2D eigenvalue weighted by Gasteiger charge is -2.38. The Labute approximate surface area is 181 Å². The van der Waals surface area contributed by atoms with Gasteiger partial charge in [0.1, 0.15) is 10.6 Å². The second-order valence-corrected chi connectivity index (χ2v) is 8.31. The zero-order valence-corrected chi connectivity index (χ0v) is 17.9. The normalized spacial score (nSPS) is 19.2. The van der Waals surface area contributed by atoms with Crippen molar-refractivity contribution in [2.45, 2.75) is 25.5 Å². The Hall–Kier alpha value is -2.07. The number of hydrogen-bond acceptors (Lipinski definition) is 6. The quantitative estimate of drug-likeness (QED) is 0.548. The first-order valence-electron chi connectivity index (χ1n) is 8.82. The van der Waals surface area contributed by atoms with Crippen LogP contribution in [0, 0.1) is 6.92 Å². The fourth-order valence-corrected chi connectivity index (χ4v) is 4.30. The molecule has 1 saturated heterocycles. The average molecular weight is 459 g/mol. The van der Waals surface area contributed by atoms with Gasteiger partial charge >= 0.3 is 5.97 Å². The predicted molar refractivity (Wildman–Crippen MR) is 113 cm³/mol. The van der Waals surface area contributed by atoms with E-state index in [4.69, 9.17) is 33.0 Å². The van der Waals surface area contributed by atoms with Crippen LogP contribution in [0.15, 0.2) is 18.9 Å². The molecule has 0 saturated carbocycles. The summed E-state index contributed by atoms with van der Waals surface area (Å²) in [5.41, 5.74) is 0.833. The Bertz CT molecular complexity index is 929. The molecule has 2 aromatic rings. The van der Waals surface area contributed by atoms with Crippen molar-refractivity contribution in [3.05, 3.63) is 45.2 Å². The molecule has 3 N–H and O–H groups in total. The van der Waals surface area contributed by atoms with Crippen molar-refractivity contribution in [2.24, 2.45) is 0 Å². The highest BCUT2D eigenvalue weighted by molar-refractivity contribution is 7.17. The number of halogens is 2. The summed E-state index contributed by atoms with van der Waals surface area (Å²) in [5.74, 6) is -1.37. The highest BCUT2D eigenvalue weighted by Crippen LogP contribution is 2.30. The van der Waals surface area contributed by atoms with E-state index in [1.807, 2.05) is 4.90 Å². The summed E-state index contributed by atoms with van der Waals surface area (Å²) in [6.45, 7) is 6.75. The summed E-state index contributed by atoms with van der Waals surface area (Å²) in [4.78, 5) is 33.0. The molecule has 0 radical (unpaired) electrons. The van der Waals surface area contributed by atoms with Crippen LogP contribution < -0.4 is 10.2 Å². The van der Waals surface area contributed by atoms with E-state index in [1.165, 1.54) is 6.20 Å². The molecule has 0 aliphatic carbocycles. The molecule has 156 valence electrons. The maximum Gasteiger partial charge on any atom is 0.347 e. The van der Waals surface area contributed by atoms with Gasteiger partial charge in [0, 0.05) is 18.8 Å². The van der Waals surface area contributed by atoms with Gasteiger partial charge in [0.05, 0.1) is 35.0 Å². The smallest absolute Gasteiger partial charge is 0.347 e. The molecule has 11 heteroatoms. The first-order chi connectivity index (χ1) is 13.8. The van der Waals surface area contributed by atoms with Gasteiger partial charge in [0.2, 0.25) is 0 Å². The van der Waals surface area contributed by atoms with E-state index >= 15 is 0 Å². The lowest BCUT2D eigenvalue weighted by Crippen LogP contribution is -2.55. The summed E-state index contributed by atoms with van der Waals surface area (Å²) < 4.78 is 5.86. The lowest BCUT2D eigenvalue weighted by molar-refractivity contribution is 0.0355. The Morgan fingerprint density at radius 2 is 2.28 bits per heavy atom. The summed E-state index contributed by atoms with van der Waals surface area (Å²) in [6.07, 6.45) is 3.22. The first kappa shape index (κ1) is 21.6. The number of rotatable bonds is 7. The number of nitrogens with zero attached hydrogens (tertiary/aromatic N) is 2. The Morgan fingerprint density at radius 1 is 1.52 bits per heavy atom. The zero-order chi connectivity index (χ0) is 21.1. The number of ether oxygens (including phenoxy) is 1. The number of aryl methyl sites for hydroxylation is 1. The average Bonchev–Trinajstić information content (AvgIpc) is 3.29. The number of H-pyrrole nitrogens is 1. The molecule has 0 bridgehead atoms. The molecule has 2 atom stereocenters. The monoisotopic (exact) mass is 458 g/mol. The second kappa shape index (κ2) is 9.17. The third-order valence-electron chi connectivity index (χ3n) is 4.56. The van der Waals surface area contributed by atoms with Crippen LogP contribution in [-0.2, 0) is 4.74 Å². The van der Waals surface area contributed by atoms with Crippen molar-refractivity contribution in [3.63, 3.8) is 0 Å². The van der Waals surface area contributed by atoms with Crippen LogP contribution in [-0.4, -0.2) is 58.8 Å². The number of nitrogens with one attached hydrogen (secondary N) is 2. The molecule has 3 rings (SSSR count). The molecular formula is C18H20Cl2N4O4S. The van der Waals surface area contributed by atoms with Crippen molar-refractivity contribution in [1.29, 1.82) is 0 Å². The van der Waals surface area contributed by atoms with Crippen molar-refractivity contribution < 1.29 is 19.4 Å². The number of carboxylic acids is 1. The first-order valence-corrected chi connectivity index (χ1v) is 10.4. The SMILES string of the molecule is C=CCO[C@H]1CN(c2ncc(C(=O)O)s2)CC[C@H]1NC(=O)c1[nH]c(C)c(Cl)c1Cl. The van der Waals surface area contributed by atoms with E-state index in [-0.39, 0.29) is 33.6 Å². The molecule has 29 heavy (non-hydrogen) atoms. The van der Waals surface area contributed by atoms with Gasteiger partial charge < -0.3 is 25.0 Å².